The van der Waals surface area contributed by atoms with Crippen LogP contribution >= 0.6 is 0 Å². The molecule has 4 nitrogen and oxygen atoms in total. The Kier molecular flexibility index (Phi) is 4.24. The van der Waals surface area contributed by atoms with Crippen LogP contribution in [-0.4, -0.2) is 47.3 Å². The van der Waals surface area contributed by atoms with Crippen LogP contribution in [0, 0.1) is 11.8 Å². The van der Waals surface area contributed by atoms with Crippen molar-refractivity contribution in [3.05, 3.63) is 0 Å². The molecule has 98 valence electrons. The van der Waals surface area contributed by atoms with E-state index in [4.69, 9.17) is 0 Å². The first-order valence-electron chi connectivity index (χ1n) is 6.72. The summed E-state index contributed by atoms with van der Waals surface area (Å²) in [7, 11) is 0. The zero-order valence-corrected chi connectivity index (χ0v) is 10.9. The number of rotatable bonds is 2. The minimum absolute atomic E-state index is 0.124. The Bertz CT molecular complexity index is 394. The predicted octanol–water partition coefficient (Wildman–Crippen LogP) is 1.01. The van der Waals surface area contributed by atoms with Gasteiger partial charge in [-0.25, -0.2) is 0 Å². The zero-order valence-electron chi connectivity index (χ0n) is 10.9. The summed E-state index contributed by atoms with van der Waals surface area (Å²) in [5, 5.41) is 0. The van der Waals surface area contributed by atoms with Gasteiger partial charge in [0.15, 0.2) is 0 Å². The van der Waals surface area contributed by atoms with E-state index >= 15 is 0 Å². The number of hydrogen-bond donors (Lipinski definition) is 0. The fourth-order valence-electron chi connectivity index (χ4n) is 2.72. The molecule has 2 heterocycles. The molecule has 2 rings (SSSR count). The van der Waals surface area contributed by atoms with Crippen LogP contribution in [0.15, 0.2) is 0 Å². The summed E-state index contributed by atoms with van der Waals surface area (Å²) in [4.78, 5) is 28.0. The number of carbonyl (C=O) groups is 2. The van der Waals surface area contributed by atoms with Crippen molar-refractivity contribution in [3.63, 3.8) is 0 Å². The van der Waals surface area contributed by atoms with Crippen molar-refractivity contribution in [2.45, 2.75) is 45.1 Å². The van der Waals surface area contributed by atoms with Gasteiger partial charge in [0.05, 0.1) is 0 Å². The summed E-state index contributed by atoms with van der Waals surface area (Å²) in [6.07, 6.45) is 4.05. The number of carbonyl (C=O) groups excluding carboxylic acids is 2. The number of hydrogen-bond acceptors (Lipinski definition) is 2. The number of fused-ring (bicyclic) bond motifs is 1. The zero-order chi connectivity index (χ0) is 13.0. The van der Waals surface area contributed by atoms with Gasteiger partial charge >= 0.3 is 0 Å². The minimum Gasteiger partial charge on any atom is -0.339 e. The van der Waals surface area contributed by atoms with Crippen molar-refractivity contribution in [2.24, 2.45) is 0 Å². The molecule has 0 aromatic rings. The van der Waals surface area contributed by atoms with Crippen LogP contribution in [0.3, 0.4) is 0 Å². The second-order valence-corrected chi connectivity index (χ2v) is 4.85. The Morgan fingerprint density at radius 2 is 2.11 bits per heavy atom. The molecule has 4 heteroatoms. The quantitative estimate of drug-likeness (QED) is 0.684. The monoisotopic (exact) mass is 248 g/mol. The van der Waals surface area contributed by atoms with Crippen LogP contribution < -0.4 is 0 Å². The second kappa shape index (κ2) is 5.90. The normalized spacial score (nSPS) is 24.2. The van der Waals surface area contributed by atoms with Crippen molar-refractivity contribution in [1.82, 2.24) is 9.80 Å². The molecule has 0 saturated carbocycles. The standard InChI is InChI=1S/C14H20N2O2/c1-2-3-5-9-15-11-8-13(17)16-10-6-4-7-12(16)14(15)18/h12H,4-11H2,1H3. The fraction of sp³-hybridized carbons (Fsp3) is 0.714. The maximum Gasteiger partial charge on any atom is 0.245 e. The molecule has 2 fully saturated rings. The van der Waals surface area contributed by atoms with Crippen LogP contribution in [0.4, 0.5) is 0 Å². The van der Waals surface area contributed by atoms with Crippen LogP contribution in [-0.2, 0) is 9.59 Å². The average molecular weight is 248 g/mol. The molecule has 0 aliphatic carbocycles. The summed E-state index contributed by atoms with van der Waals surface area (Å²) in [5.74, 6) is 6.07. The van der Waals surface area contributed by atoms with Crippen molar-refractivity contribution in [3.8, 4) is 11.8 Å². The summed E-state index contributed by atoms with van der Waals surface area (Å²) >= 11 is 0. The van der Waals surface area contributed by atoms with E-state index in [2.05, 4.69) is 11.8 Å². The summed E-state index contributed by atoms with van der Waals surface area (Å²) in [6, 6.07) is -0.205. The summed E-state index contributed by atoms with van der Waals surface area (Å²) in [6.45, 7) is 3.75. The van der Waals surface area contributed by atoms with Gasteiger partial charge < -0.3 is 9.80 Å². The van der Waals surface area contributed by atoms with Crippen LogP contribution in [0.1, 0.15) is 39.0 Å². The molecule has 0 aromatic carbocycles. The highest BCUT2D eigenvalue weighted by Crippen LogP contribution is 2.22. The fourth-order valence-corrected chi connectivity index (χ4v) is 2.72. The molecule has 1 unspecified atom stereocenters. The molecule has 0 radical (unpaired) electrons. The second-order valence-electron chi connectivity index (χ2n) is 4.85. The molecule has 18 heavy (non-hydrogen) atoms. The smallest absolute Gasteiger partial charge is 0.245 e. The summed E-state index contributed by atoms with van der Waals surface area (Å²) in [5.41, 5.74) is 0. The molecule has 0 spiro atoms. The maximum absolute atomic E-state index is 12.4. The molecule has 0 N–H and O–H groups in total. The van der Waals surface area contributed by atoms with Gasteiger partial charge in [0.25, 0.3) is 0 Å². The molecule has 2 aliphatic heterocycles. The van der Waals surface area contributed by atoms with E-state index < -0.39 is 0 Å². The Morgan fingerprint density at radius 1 is 1.28 bits per heavy atom. The Morgan fingerprint density at radius 3 is 2.89 bits per heavy atom. The van der Waals surface area contributed by atoms with Gasteiger partial charge in [-0.3, -0.25) is 9.59 Å². The first kappa shape index (κ1) is 12.9. The third kappa shape index (κ3) is 2.66. The lowest BCUT2D eigenvalue weighted by Crippen LogP contribution is -2.49. The van der Waals surface area contributed by atoms with E-state index in [1.54, 1.807) is 11.8 Å². The van der Waals surface area contributed by atoms with Gasteiger partial charge in [-0.1, -0.05) is 0 Å². The lowest BCUT2D eigenvalue weighted by molar-refractivity contribution is -0.143. The molecular formula is C14H20N2O2. The molecule has 0 aromatic heterocycles. The highest BCUT2D eigenvalue weighted by molar-refractivity contribution is 5.90. The first-order valence-corrected chi connectivity index (χ1v) is 6.72. The average Bonchev–Trinajstić information content (AvgIpc) is 2.52. The first-order chi connectivity index (χ1) is 8.74. The SMILES string of the molecule is CC#CCCN1CCC(=O)N2CCCCC2C1=O. The highest BCUT2D eigenvalue weighted by atomic mass is 16.2. The minimum atomic E-state index is -0.205. The van der Waals surface area contributed by atoms with E-state index in [1.165, 1.54) is 0 Å². The number of nitrogens with zero attached hydrogens (tertiary/aromatic N) is 2. The van der Waals surface area contributed by atoms with E-state index in [9.17, 15) is 9.59 Å². The molecule has 0 bridgehead atoms. The predicted molar refractivity (Wildman–Crippen MR) is 68.6 cm³/mol. The van der Waals surface area contributed by atoms with Crippen molar-refractivity contribution in [1.29, 1.82) is 0 Å². The molecule has 2 aliphatic rings. The summed E-state index contributed by atoms with van der Waals surface area (Å²) < 4.78 is 0. The van der Waals surface area contributed by atoms with E-state index in [1.807, 2.05) is 4.90 Å². The van der Waals surface area contributed by atoms with Crippen LogP contribution in [0.2, 0.25) is 0 Å². The van der Waals surface area contributed by atoms with E-state index in [0.29, 0.717) is 25.9 Å². The van der Waals surface area contributed by atoms with Gasteiger partial charge in [-0.05, 0) is 26.2 Å². The molecule has 2 saturated heterocycles. The Labute approximate surface area is 108 Å². The molecule has 1 atom stereocenters. The number of piperidine rings is 1. The topological polar surface area (TPSA) is 40.6 Å². The highest BCUT2D eigenvalue weighted by Gasteiger charge is 2.37. The lowest BCUT2D eigenvalue weighted by atomic mass is 10.0. The number of amides is 2. The van der Waals surface area contributed by atoms with Gasteiger partial charge in [0, 0.05) is 32.5 Å². The van der Waals surface area contributed by atoms with Crippen molar-refractivity contribution < 1.29 is 9.59 Å². The van der Waals surface area contributed by atoms with E-state index in [0.717, 1.165) is 25.8 Å². The van der Waals surface area contributed by atoms with Crippen molar-refractivity contribution >= 4 is 11.8 Å². The lowest BCUT2D eigenvalue weighted by Gasteiger charge is -2.34. The Hall–Kier alpha value is -1.50. The largest absolute Gasteiger partial charge is 0.339 e. The third-order valence-corrected chi connectivity index (χ3v) is 3.70. The van der Waals surface area contributed by atoms with E-state index in [-0.39, 0.29) is 17.9 Å². The Balaban J connectivity index is 2.07. The molecule has 2 amide bonds. The van der Waals surface area contributed by atoms with Gasteiger partial charge in [0.1, 0.15) is 6.04 Å². The molecular weight excluding hydrogens is 228 g/mol. The maximum atomic E-state index is 12.4. The van der Waals surface area contributed by atoms with Crippen molar-refractivity contribution in [2.75, 3.05) is 19.6 Å². The van der Waals surface area contributed by atoms with Crippen LogP contribution in [0.25, 0.3) is 0 Å². The van der Waals surface area contributed by atoms with Crippen LogP contribution in [0.5, 0.6) is 0 Å². The third-order valence-electron chi connectivity index (χ3n) is 3.70. The van der Waals surface area contributed by atoms with Gasteiger partial charge in [0.2, 0.25) is 11.8 Å². The van der Waals surface area contributed by atoms with Gasteiger partial charge in [-0.15, -0.1) is 11.8 Å². The van der Waals surface area contributed by atoms with Gasteiger partial charge in [-0.2, -0.15) is 0 Å².